The zero-order valence-corrected chi connectivity index (χ0v) is 13.4. The van der Waals surface area contributed by atoms with Crippen LogP contribution in [0.15, 0.2) is 54.6 Å². The van der Waals surface area contributed by atoms with E-state index in [1.165, 1.54) is 41.0 Å². The molecule has 21 heavy (non-hydrogen) atoms. The van der Waals surface area contributed by atoms with Gasteiger partial charge >= 0.3 is 0 Å². The SMILES string of the molecule is CC(NC1CCSCC1)c1ccc(-c2ccccc2)cc1. The van der Waals surface area contributed by atoms with Crippen molar-refractivity contribution in [3.05, 3.63) is 60.2 Å². The third kappa shape index (κ3) is 3.90. The molecule has 0 saturated carbocycles. The van der Waals surface area contributed by atoms with Crippen molar-refractivity contribution < 1.29 is 0 Å². The maximum atomic E-state index is 3.78. The van der Waals surface area contributed by atoms with Crippen LogP contribution in [0.1, 0.15) is 31.4 Å². The highest BCUT2D eigenvalue weighted by Crippen LogP contribution is 2.24. The van der Waals surface area contributed by atoms with Crippen molar-refractivity contribution in [1.29, 1.82) is 0 Å². The van der Waals surface area contributed by atoms with Gasteiger partial charge in [0.1, 0.15) is 0 Å². The fraction of sp³-hybridized carbons (Fsp3) is 0.368. The molecular formula is C19H23NS. The van der Waals surface area contributed by atoms with E-state index in [-0.39, 0.29) is 0 Å². The number of benzene rings is 2. The largest absolute Gasteiger partial charge is 0.307 e. The Morgan fingerprint density at radius 1 is 0.905 bits per heavy atom. The van der Waals surface area contributed by atoms with Gasteiger partial charge < -0.3 is 5.32 Å². The molecule has 3 rings (SSSR count). The molecule has 2 heteroatoms. The second-order valence-corrected chi connectivity index (χ2v) is 6.99. The molecule has 1 fully saturated rings. The number of rotatable bonds is 4. The summed E-state index contributed by atoms with van der Waals surface area (Å²) in [6, 6.07) is 20.7. The lowest BCUT2D eigenvalue weighted by atomic mass is 10.0. The zero-order chi connectivity index (χ0) is 14.5. The highest BCUT2D eigenvalue weighted by molar-refractivity contribution is 7.99. The van der Waals surface area contributed by atoms with E-state index in [1.807, 2.05) is 0 Å². The summed E-state index contributed by atoms with van der Waals surface area (Å²) in [5.74, 6) is 2.61. The molecule has 0 radical (unpaired) electrons. The van der Waals surface area contributed by atoms with E-state index in [1.54, 1.807) is 0 Å². The Kier molecular flexibility index (Phi) is 5.00. The summed E-state index contributed by atoms with van der Waals surface area (Å²) in [5.41, 5.74) is 3.96. The van der Waals surface area contributed by atoms with Gasteiger partial charge in [0.25, 0.3) is 0 Å². The van der Waals surface area contributed by atoms with Gasteiger partial charge in [-0.3, -0.25) is 0 Å². The van der Waals surface area contributed by atoms with Crippen molar-refractivity contribution in [2.24, 2.45) is 0 Å². The van der Waals surface area contributed by atoms with Gasteiger partial charge in [0.2, 0.25) is 0 Å². The van der Waals surface area contributed by atoms with Crippen LogP contribution in [0, 0.1) is 0 Å². The van der Waals surface area contributed by atoms with Crippen LogP contribution in [0.3, 0.4) is 0 Å². The Morgan fingerprint density at radius 3 is 2.19 bits per heavy atom. The van der Waals surface area contributed by atoms with Crippen LogP contribution >= 0.6 is 11.8 Å². The van der Waals surface area contributed by atoms with Crippen LogP contribution in [0.2, 0.25) is 0 Å². The predicted octanol–water partition coefficient (Wildman–Crippen LogP) is 4.90. The minimum atomic E-state index is 0.433. The second kappa shape index (κ2) is 7.15. The first-order chi connectivity index (χ1) is 10.3. The van der Waals surface area contributed by atoms with E-state index in [0.717, 1.165) is 0 Å². The minimum absolute atomic E-state index is 0.433. The third-order valence-electron chi connectivity index (χ3n) is 4.22. The molecule has 110 valence electrons. The normalized spacial score (nSPS) is 17.6. The summed E-state index contributed by atoms with van der Waals surface area (Å²) in [6.07, 6.45) is 2.61. The summed E-state index contributed by atoms with van der Waals surface area (Å²) in [6.45, 7) is 2.28. The fourth-order valence-corrected chi connectivity index (χ4v) is 4.02. The molecule has 1 saturated heterocycles. The molecule has 1 heterocycles. The molecule has 1 unspecified atom stereocenters. The number of hydrogen-bond donors (Lipinski definition) is 1. The lowest BCUT2D eigenvalue weighted by Gasteiger charge is -2.26. The van der Waals surface area contributed by atoms with Gasteiger partial charge in [-0.1, -0.05) is 54.6 Å². The average molecular weight is 297 g/mol. The van der Waals surface area contributed by atoms with Crippen LogP contribution in [-0.4, -0.2) is 17.5 Å². The topological polar surface area (TPSA) is 12.0 Å². The van der Waals surface area contributed by atoms with E-state index in [4.69, 9.17) is 0 Å². The first kappa shape index (κ1) is 14.7. The van der Waals surface area contributed by atoms with Gasteiger partial charge in [0, 0.05) is 12.1 Å². The first-order valence-corrected chi connectivity index (χ1v) is 8.97. The molecule has 0 spiro atoms. The molecular weight excluding hydrogens is 274 g/mol. The Morgan fingerprint density at radius 2 is 1.52 bits per heavy atom. The van der Waals surface area contributed by atoms with Crippen molar-refractivity contribution >= 4 is 11.8 Å². The standard InChI is InChI=1S/C19H23NS/c1-15(20-19-11-13-21-14-12-19)16-7-9-18(10-8-16)17-5-3-2-4-6-17/h2-10,15,19-20H,11-14H2,1H3. The average Bonchev–Trinajstić information content (AvgIpc) is 2.57. The summed E-state index contributed by atoms with van der Waals surface area (Å²) in [4.78, 5) is 0. The predicted molar refractivity (Wildman–Crippen MR) is 93.8 cm³/mol. The van der Waals surface area contributed by atoms with E-state index in [2.05, 4.69) is 78.6 Å². The lowest BCUT2D eigenvalue weighted by Crippen LogP contribution is -2.34. The lowest BCUT2D eigenvalue weighted by molar-refractivity contribution is 0.431. The molecule has 1 N–H and O–H groups in total. The van der Waals surface area contributed by atoms with Gasteiger partial charge in [-0.2, -0.15) is 11.8 Å². The summed E-state index contributed by atoms with van der Waals surface area (Å²) < 4.78 is 0. The molecule has 0 aromatic heterocycles. The Hall–Kier alpha value is -1.25. The van der Waals surface area contributed by atoms with Crippen molar-refractivity contribution in [3.8, 4) is 11.1 Å². The van der Waals surface area contributed by atoms with Crippen LogP contribution in [0.4, 0.5) is 0 Å². The summed E-state index contributed by atoms with van der Waals surface area (Å²) in [5, 5.41) is 3.78. The number of hydrogen-bond acceptors (Lipinski definition) is 2. The first-order valence-electron chi connectivity index (χ1n) is 7.82. The second-order valence-electron chi connectivity index (χ2n) is 5.76. The van der Waals surface area contributed by atoms with Gasteiger partial charge in [0.05, 0.1) is 0 Å². The van der Waals surface area contributed by atoms with Gasteiger partial charge in [-0.05, 0) is 48.0 Å². The monoisotopic (exact) mass is 297 g/mol. The van der Waals surface area contributed by atoms with Crippen molar-refractivity contribution in [2.45, 2.75) is 31.8 Å². The van der Waals surface area contributed by atoms with Gasteiger partial charge in [0.15, 0.2) is 0 Å². The van der Waals surface area contributed by atoms with E-state index >= 15 is 0 Å². The molecule has 0 bridgehead atoms. The number of thioether (sulfide) groups is 1. The molecule has 1 atom stereocenters. The summed E-state index contributed by atoms with van der Waals surface area (Å²) in [7, 11) is 0. The smallest absolute Gasteiger partial charge is 0.0294 e. The van der Waals surface area contributed by atoms with E-state index < -0.39 is 0 Å². The zero-order valence-electron chi connectivity index (χ0n) is 12.6. The molecule has 0 aliphatic carbocycles. The van der Waals surface area contributed by atoms with Gasteiger partial charge in [-0.15, -0.1) is 0 Å². The van der Waals surface area contributed by atoms with E-state index in [9.17, 15) is 0 Å². The van der Waals surface area contributed by atoms with E-state index in [0.29, 0.717) is 12.1 Å². The Labute approximate surface area is 132 Å². The van der Waals surface area contributed by atoms with Crippen molar-refractivity contribution in [3.63, 3.8) is 0 Å². The Balaban J connectivity index is 1.66. The van der Waals surface area contributed by atoms with Crippen LogP contribution < -0.4 is 5.32 Å². The molecule has 0 amide bonds. The molecule has 1 aliphatic heterocycles. The summed E-state index contributed by atoms with van der Waals surface area (Å²) >= 11 is 2.08. The molecule has 1 nitrogen and oxygen atoms in total. The maximum Gasteiger partial charge on any atom is 0.0294 e. The Bertz CT molecular complexity index is 544. The van der Waals surface area contributed by atoms with Crippen LogP contribution in [0.5, 0.6) is 0 Å². The van der Waals surface area contributed by atoms with Crippen molar-refractivity contribution in [1.82, 2.24) is 5.32 Å². The minimum Gasteiger partial charge on any atom is -0.307 e. The number of nitrogens with one attached hydrogen (secondary N) is 1. The fourth-order valence-electron chi connectivity index (χ4n) is 2.91. The molecule has 1 aliphatic rings. The van der Waals surface area contributed by atoms with Crippen LogP contribution in [0.25, 0.3) is 11.1 Å². The third-order valence-corrected chi connectivity index (χ3v) is 5.27. The molecule has 2 aromatic rings. The maximum absolute atomic E-state index is 3.78. The highest BCUT2D eigenvalue weighted by atomic mass is 32.2. The van der Waals surface area contributed by atoms with Crippen molar-refractivity contribution in [2.75, 3.05) is 11.5 Å². The molecule has 2 aromatic carbocycles. The van der Waals surface area contributed by atoms with Crippen LogP contribution in [-0.2, 0) is 0 Å². The highest BCUT2D eigenvalue weighted by Gasteiger charge is 2.16. The van der Waals surface area contributed by atoms with Gasteiger partial charge in [-0.25, -0.2) is 0 Å². The quantitative estimate of drug-likeness (QED) is 0.861.